The van der Waals surface area contributed by atoms with Crippen molar-refractivity contribution in [3.8, 4) is 0 Å². The van der Waals surface area contributed by atoms with Crippen molar-refractivity contribution in [3.05, 3.63) is 36.5 Å². The maximum Gasteiger partial charge on any atom is 0.305 e. The molecule has 0 amide bonds. The zero-order chi connectivity index (χ0) is 32.3. The van der Waals surface area contributed by atoms with E-state index >= 15 is 0 Å². The number of carbonyl (C=O) groups is 3. The van der Waals surface area contributed by atoms with Gasteiger partial charge in [0.05, 0.1) is 6.10 Å². The number of rotatable bonds is 28. The average Bonchev–Trinajstić information content (AvgIpc) is 3.37. The number of hydrogen-bond acceptors (Lipinski definition) is 7. The average molecular weight is 619 g/mol. The molecule has 0 unspecified atom stereocenters. The summed E-state index contributed by atoms with van der Waals surface area (Å²) in [5.41, 5.74) is 0. The van der Waals surface area contributed by atoms with Crippen LogP contribution in [0.4, 0.5) is 0 Å². The molecule has 7 nitrogen and oxygen atoms in total. The van der Waals surface area contributed by atoms with Gasteiger partial charge in [0.25, 0.3) is 0 Å². The van der Waals surface area contributed by atoms with Gasteiger partial charge in [-0.1, -0.05) is 128 Å². The van der Waals surface area contributed by atoms with Gasteiger partial charge in [0.1, 0.15) is 19.3 Å². The third-order valence-corrected chi connectivity index (χ3v) is 8.13. The van der Waals surface area contributed by atoms with Crippen LogP contribution >= 0.6 is 0 Å². The zero-order valence-corrected chi connectivity index (χ0v) is 27.8. The van der Waals surface area contributed by atoms with Crippen LogP contribution in [0.1, 0.15) is 142 Å². The smallest absolute Gasteiger partial charge is 0.305 e. The molecule has 0 aliphatic heterocycles. The summed E-state index contributed by atoms with van der Waals surface area (Å²) in [5, 5.41) is 20.1. The van der Waals surface area contributed by atoms with E-state index < -0.39 is 18.2 Å². The van der Waals surface area contributed by atoms with Crippen molar-refractivity contribution < 1.29 is 34.1 Å². The third-order valence-electron chi connectivity index (χ3n) is 8.13. The van der Waals surface area contributed by atoms with Crippen LogP contribution in [0.15, 0.2) is 36.5 Å². The van der Waals surface area contributed by atoms with Crippen molar-refractivity contribution in [2.75, 3.05) is 13.2 Å². The molecular formula is C37H62O7. The Morgan fingerprint density at radius 1 is 0.773 bits per heavy atom. The SMILES string of the molecule is CCCCCCCCCCCCCC(=O)OC[C@@H](O)COC(=O)CCC/C=C\C[C@H]1C=CC(=O)[C@@H]1/C=C/[C@@H](O)CCCCC. The summed E-state index contributed by atoms with van der Waals surface area (Å²) in [6, 6.07) is 0. The molecule has 0 aromatic carbocycles. The van der Waals surface area contributed by atoms with E-state index in [9.17, 15) is 24.6 Å². The fraction of sp³-hybridized carbons (Fsp3) is 0.757. The molecule has 0 radical (unpaired) electrons. The quantitative estimate of drug-likeness (QED) is 0.0518. The number of esters is 2. The third kappa shape index (κ3) is 21.5. The predicted octanol–water partition coefficient (Wildman–Crippen LogP) is 8.12. The highest BCUT2D eigenvalue weighted by Gasteiger charge is 2.26. The number of allylic oxidation sites excluding steroid dienone is 5. The van der Waals surface area contributed by atoms with Crippen molar-refractivity contribution in [2.24, 2.45) is 11.8 Å². The van der Waals surface area contributed by atoms with Crippen LogP contribution in [0.25, 0.3) is 0 Å². The van der Waals surface area contributed by atoms with E-state index in [0.717, 1.165) is 51.4 Å². The van der Waals surface area contributed by atoms with Crippen molar-refractivity contribution in [1.29, 1.82) is 0 Å². The molecule has 2 N–H and O–H groups in total. The summed E-state index contributed by atoms with van der Waals surface area (Å²) in [4.78, 5) is 36.2. The van der Waals surface area contributed by atoms with E-state index in [0.29, 0.717) is 19.3 Å². The Morgan fingerprint density at radius 2 is 1.32 bits per heavy atom. The van der Waals surface area contributed by atoms with Crippen LogP contribution in [0.2, 0.25) is 0 Å². The van der Waals surface area contributed by atoms with Crippen molar-refractivity contribution in [2.45, 2.75) is 154 Å². The normalized spacial score (nSPS) is 18.0. The lowest BCUT2D eigenvalue weighted by atomic mass is 9.90. The van der Waals surface area contributed by atoms with Gasteiger partial charge < -0.3 is 19.7 Å². The summed E-state index contributed by atoms with van der Waals surface area (Å²) in [7, 11) is 0. The Kier molecular flexibility index (Phi) is 24.5. The molecule has 0 saturated carbocycles. The monoisotopic (exact) mass is 618 g/mol. The van der Waals surface area contributed by atoms with Gasteiger partial charge in [-0.05, 0) is 44.1 Å². The zero-order valence-electron chi connectivity index (χ0n) is 27.8. The standard InChI is InChI=1S/C37H62O7/c1-3-5-7-8-9-10-11-12-13-14-19-23-36(41)43-29-33(39)30-44-37(42)24-20-16-15-18-21-31-25-28-35(40)34(31)27-26-32(38)22-17-6-4-2/h15,18,25-28,31-34,38-39H,3-14,16-17,19-24,29-30H2,1-2H3/b18-15-,27-26+/t31-,32-,33+,34+/m0/s1. The first-order chi connectivity index (χ1) is 21.4. The van der Waals surface area contributed by atoms with Gasteiger partial charge in [0.2, 0.25) is 0 Å². The second-order valence-electron chi connectivity index (χ2n) is 12.3. The lowest BCUT2D eigenvalue weighted by molar-refractivity contribution is -0.152. The van der Waals surface area contributed by atoms with E-state index in [1.807, 2.05) is 24.3 Å². The maximum absolute atomic E-state index is 12.2. The van der Waals surface area contributed by atoms with Gasteiger partial charge in [-0.25, -0.2) is 0 Å². The minimum atomic E-state index is -1.03. The van der Waals surface area contributed by atoms with Crippen LogP contribution in [0.3, 0.4) is 0 Å². The molecule has 0 heterocycles. The maximum atomic E-state index is 12.2. The summed E-state index contributed by atoms with van der Waals surface area (Å²) in [6.07, 6.45) is 29.6. The number of aliphatic hydroxyl groups excluding tert-OH is 2. The molecule has 4 atom stereocenters. The summed E-state index contributed by atoms with van der Waals surface area (Å²) < 4.78 is 10.2. The Morgan fingerprint density at radius 3 is 1.93 bits per heavy atom. The molecule has 7 heteroatoms. The molecule has 1 aliphatic carbocycles. The van der Waals surface area contributed by atoms with E-state index in [1.54, 1.807) is 12.2 Å². The van der Waals surface area contributed by atoms with Crippen LogP contribution in [-0.2, 0) is 23.9 Å². The highest BCUT2D eigenvalue weighted by molar-refractivity contribution is 5.95. The number of ketones is 1. The van der Waals surface area contributed by atoms with Crippen molar-refractivity contribution in [3.63, 3.8) is 0 Å². The predicted molar refractivity (Wildman–Crippen MR) is 177 cm³/mol. The van der Waals surface area contributed by atoms with E-state index in [4.69, 9.17) is 9.47 Å². The first-order valence-electron chi connectivity index (χ1n) is 17.6. The number of ether oxygens (including phenoxy) is 2. The Balaban J connectivity index is 2.06. The molecule has 1 aliphatic rings. The van der Waals surface area contributed by atoms with Crippen LogP contribution in [-0.4, -0.2) is 53.4 Å². The Bertz CT molecular complexity index is 847. The van der Waals surface area contributed by atoms with Crippen molar-refractivity contribution >= 4 is 17.7 Å². The minimum Gasteiger partial charge on any atom is -0.463 e. The first-order valence-corrected chi connectivity index (χ1v) is 17.6. The minimum absolute atomic E-state index is 0.0736. The fourth-order valence-electron chi connectivity index (χ4n) is 5.31. The molecule has 0 fully saturated rings. The summed E-state index contributed by atoms with van der Waals surface area (Å²) in [6.45, 7) is 4.01. The molecule has 0 bridgehead atoms. The van der Waals surface area contributed by atoms with Gasteiger partial charge in [-0.3, -0.25) is 14.4 Å². The van der Waals surface area contributed by atoms with Crippen molar-refractivity contribution in [1.82, 2.24) is 0 Å². The van der Waals surface area contributed by atoms with Gasteiger partial charge in [0.15, 0.2) is 5.78 Å². The molecule has 252 valence electrons. The Labute approximate surface area is 267 Å². The molecule has 0 spiro atoms. The molecule has 1 rings (SSSR count). The second kappa shape index (κ2) is 27.1. The van der Waals surface area contributed by atoms with Crippen LogP contribution < -0.4 is 0 Å². The van der Waals surface area contributed by atoms with Crippen LogP contribution in [0.5, 0.6) is 0 Å². The molecular weight excluding hydrogens is 556 g/mol. The Hall–Kier alpha value is -2.25. The molecule has 44 heavy (non-hydrogen) atoms. The lowest BCUT2D eigenvalue weighted by Crippen LogP contribution is -2.25. The van der Waals surface area contributed by atoms with Crippen LogP contribution in [0, 0.1) is 11.8 Å². The topological polar surface area (TPSA) is 110 Å². The number of hydrogen-bond donors (Lipinski definition) is 2. The number of aliphatic hydroxyl groups is 2. The van der Waals surface area contributed by atoms with E-state index in [2.05, 4.69) is 13.8 Å². The largest absolute Gasteiger partial charge is 0.463 e. The van der Waals surface area contributed by atoms with E-state index in [-0.39, 0.29) is 43.2 Å². The van der Waals surface area contributed by atoms with Gasteiger partial charge in [-0.15, -0.1) is 0 Å². The van der Waals surface area contributed by atoms with Gasteiger partial charge in [0, 0.05) is 18.8 Å². The van der Waals surface area contributed by atoms with Gasteiger partial charge in [-0.2, -0.15) is 0 Å². The highest BCUT2D eigenvalue weighted by Crippen LogP contribution is 2.27. The molecule has 0 aromatic heterocycles. The summed E-state index contributed by atoms with van der Waals surface area (Å²) >= 11 is 0. The second-order valence-corrected chi connectivity index (χ2v) is 12.3. The molecule has 0 aromatic rings. The first kappa shape index (κ1) is 39.8. The highest BCUT2D eigenvalue weighted by atomic mass is 16.6. The van der Waals surface area contributed by atoms with E-state index in [1.165, 1.54) is 51.4 Å². The molecule has 0 saturated heterocycles. The fourth-order valence-corrected chi connectivity index (χ4v) is 5.31. The lowest BCUT2D eigenvalue weighted by Gasteiger charge is -2.13. The van der Waals surface area contributed by atoms with Gasteiger partial charge >= 0.3 is 11.9 Å². The summed E-state index contributed by atoms with van der Waals surface area (Å²) in [5.74, 6) is -0.789. The number of unbranched alkanes of at least 4 members (excludes halogenated alkanes) is 13. The number of carbonyl (C=O) groups excluding carboxylic acids is 3.